The molecule has 7 heteroatoms. The van der Waals surface area contributed by atoms with E-state index in [1.165, 1.54) is 4.90 Å². The summed E-state index contributed by atoms with van der Waals surface area (Å²) >= 11 is 5.90. The van der Waals surface area contributed by atoms with Crippen LogP contribution in [0, 0.1) is 0 Å². The van der Waals surface area contributed by atoms with Crippen LogP contribution in [0.25, 0.3) is 0 Å². The number of hydrogen-bond acceptors (Lipinski definition) is 4. The lowest BCUT2D eigenvalue weighted by atomic mass is 10.2. The van der Waals surface area contributed by atoms with Gasteiger partial charge in [-0.2, -0.15) is 0 Å². The second-order valence-electron chi connectivity index (χ2n) is 6.11. The summed E-state index contributed by atoms with van der Waals surface area (Å²) in [6.07, 6.45) is 0.843. The van der Waals surface area contributed by atoms with Gasteiger partial charge >= 0.3 is 0 Å². The number of anilines is 1. The molecule has 0 spiro atoms. The summed E-state index contributed by atoms with van der Waals surface area (Å²) in [6.45, 7) is 0.684. The minimum atomic E-state index is -0.514. The average Bonchev–Trinajstić information content (AvgIpc) is 3.08. The lowest BCUT2D eigenvalue weighted by Gasteiger charge is -2.24. The zero-order chi connectivity index (χ0) is 19.2. The molecule has 0 bridgehead atoms. The van der Waals surface area contributed by atoms with Crippen molar-refractivity contribution in [2.24, 2.45) is 0 Å². The summed E-state index contributed by atoms with van der Waals surface area (Å²) in [5, 5.41) is 3.43. The van der Waals surface area contributed by atoms with Crippen molar-refractivity contribution in [1.29, 1.82) is 0 Å². The SMILES string of the molecule is COc1ccc(OCCNC(=O)C2CCC(=O)N2c2ccc(Cl)cc2)cc1. The minimum Gasteiger partial charge on any atom is -0.497 e. The van der Waals surface area contributed by atoms with Crippen LogP contribution in [-0.2, 0) is 9.59 Å². The lowest BCUT2D eigenvalue weighted by molar-refractivity contribution is -0.124. The van der Waals surface area contributed by atoms with E-state index in [2.05, 4.69) is 5.32 Å². The van der Waals surface area contributed by atoms with Crippen LogP contribution in [0.2, 0.25) is 5.02 Å². The van der Waals surface area contributed by atoms with E-state index in [-0.39, 0.29) is 11.8 Å². The van der Waals surface area contributed by atoms with Gasteiger partial charge in [0.25, 0.3) is 0 Å². The molecule has 1 saturated heterocycles. The third-order valence-corrected chi connectivity index (χ3v) is 4.60. The monoisotopic (exact) mass is 388 g/mol. The van der Waals surface area contributed by atoms with Crippen LogP contribution in [-0.4, -0.2) is 38.1 Å². The van der Waals surface area contributed by atoms with Crippen LogP contribution in [0.4, 0.5) is 5.69 Å². The highest BCUT2D eigenvalue weighted by molar-refractivity contribution is 6.30. The summed E-state index contributed by atoms with van der Waals surface area (Å²) in [5.74, 6) is 1.20. The molecule has 1 aliphatic heterocycles. The number of nitrogens with zero attached hydrogens (tertiary/aromatic N) is 1. The van der Waals surface area contributed by atoms with Crippen molar-refractivity contribution in [2.45, 2.75) is 18.9 Å². The summed E-state index contributed by atoms with van der Waals surface area (Å²) in [6, 6.07) is 13.6. The van der Waals surface area contributed by atoms with Gasteiger partial charge in [-0.3, -0.25) is 14.5 Å². The molecule has 2 amide bonds. The van der Waals surface area contributed by atoms with Gasteiger partial charge in [0, 0.05) is 17.1 Å². The quantitative estimate of drug-likeness (QED) is 0.740. The molecular formula is C20H21ClN2O4. The molecule has 1 aliphatic rings. The van der Waals surface area contributed by atoms with E-state index in [9.17, 15) is 9.59 Å². The number of benzene rings is 2. The second-order valence-corrected chi connectivity index (χ2v) is 6.55. The van der Waals surface area contributed by atoms with E-state index in [1.807, 2.05) is 12.1 Å². The van der Waals surface area contributed by atoms with Crippen LogP contribution < -0.4 is 19.7 Å². The Hall–Kier alpha value is -2.73. The average molecular weight is 389 g/mol. The maximum absolute atomic E-state index is 12.5. The molecule has 1 N–H and O–H groups in total. The lowest BCUT2D eigenvalue weighted by Crippen LogP contribution is -2.45. The molecule has 1 unspecified atom stereocenters. The molecule has 142 valence electrons. The summed E-state index contributed by atoms with van der Waals surface area (Å²) < 4.78 is 10.7. The Labute approximate surface area is 163 Å². The Morgan fingerprint density at radius 1 is 1.15 bits per heavy atom. The Balaban J connectivity index is 1.52. The fourth-order valence-corrected chi connectivity index (χ4v) is 3.12. The van der Waals surface area contributed by atoms with Crippen LogP contribution in [0.5, 0.6) is 11.5 Å². The molecule has 27 heavy (non-hydrogen) atoms. The van der Waals surface area contributed by atoms with Crippen molar-refractivity contribution in [3.63, 3.8) is 0 Å². The van der Waals surface area contributed by atoms with Gasteiger partial charge in [-0.15, -0.1) is 0 Å². The van der Waals surface area contributed by atoms with E-state index < -0.39 is 6.04 Å². The van der Waals surface area contributed by atoms with E-state index in [4.69, 9.17) is 21.1 Å². The predicted octanol–water partition coefficient (Wildman–Crippen LogP) is 3.04. The first kappa shape index (κ1) is 19.0. The van der Waals surface area contributed by atoms with E-state index in [0.29, 0.717) is 42.5 Å². The van der Waals surface area contributed by atoms with Crippen LogP contribution in [0.1, 0.15) is 12.8 Å². The first-order chi connectivity index (χ1) is 13.1. The number of nitrogens with one attached hydrogen (secondary N) is 1. The van der Waals surface area contributed by atoms with Gasteiger partial charge in [0.1, 0.15) is 24.1 Å². The number of amides is 2. The number of methoxy groups -OCH3 is 1. The molecule has 0 radical (unpaired) electrons. The summed E-state index contributed by atoms with van der Waals surface area (Å²) in [4.78, 5) is 26.3. The first-order valence-corrected chi connectivity index (χ1v) is 9.08. The van der Waals surface area contributed by atoms with Crippen molar-refractivity contribution in [2.75, 3.05) is 25.2 Å². The van der Waals surface area contributed by atoms with Gasteiger partial charge in [0.15, 0.2) is 0 Å². The van der Waals surface area contributed by atoms with Crippen LogP contribution in [0.15, 0.2) is 48.5 Å². The number of carbonyl (C=O) groups excluding carboxylic acids is 2. The maximum Gasteiger partial charge on any atom is 0.243 e. The van der Waals surface area contributed by atoms with Gasteiger partial charge in [-0.05, 0) is 55.0 Å². The fraction of sp³-hybridized carbons (Fsp3) is 0.300. The fourth-order valence-electron chi connectivity index (χ4n) is 2.99. The smallest absolute Gasteiger partial charge is 0.243 e. The molecular weight excluding hydrogens is 368 g/mol. The molecule has 2 aromatic rings. The maximum atomic E-state index is 12.5. The van der Waals surface area contributed by atoms with E-state index in [0.717, 1.165) is 5.75 Å². The van der Waals surface area contributed by atoms with Crippen molar-refractivity contribution in [3.8, 4) is 11.5 Å². The highest BCUT2D eigenvalue weighted by Crippen LogP contribution is 2.28. The van der Waals surface area contributed by atoms with Gasteiger partial charge in [-0.25, -0.2) is 0 Å². The number of halogens is 1. The largest absolute Gasteiger partial charge is 0.497 e. The van der Waals surface area contributed by atoms with Crippen LogP contribution in [0.3, 0.4) is 0 Å². The molecule has 0 saturated carbocycles. The molecule has 1 atom stereocenters. The standard InChI is InChI=1S/C20H21ClN2O4/c1-26-16-6-8-17(9-7-16)27-13-12-22-20(25)18-10-11-19(24)23(18)15-4-2-14(21)3-5-15/h2-9,18H,10-13H2,1H3,(H,22,25). The van der Waals surface area contributed by atoms with Crippen molar-refractivity contribution in [1.82, 2.24) is 5.32 Å². The Kier molecular flexibility index (Phi) is 6.19. The zero-order valence-corrected chi connectivity index (χ0v) is 15.7. The molecule has 3 rings (SSSR count). The van der Waals surface area contributed by atoms with E-state index >= 15 is 0 Å². The Morgan fingerprint density at radius 2 is 1.81 bits per heavy atom. The summed E-state index contributed by atoms with van der Waals surface area (Å²) in [5.41, 5.74) is 0.677. The van der Waals surface area contributed by atoms with Gasteiger partial charge < -0.3 is 14.8 Å². The second kappa shape index (κ2) is 8.77. The van der Waals surface area contributed by atoms with Gasteiger partial charge in [-0.1, -0.05) is 11.6 Å². The molecule has 2 aromatic carbocycles. The number of ether oxygens (including phenoxy) is 2. The highest BCUT2D eigenvalue weighted by Gasteiger charge is 2.36. The molecule has 0 aliphatic carbocycles. The normalized spacial score (nSPS) is 16.3. The molecule has 1 heterocycles. The van der Waals surface area contributed by atoms with E-state index in [1.54, 1.807) is 43.5 Å². The zero-order valence-electron chi connectivity index (χ0n) is 15.0. The Bertz CT molecular complexity index is 793. The number of hydrogen-bond donors (Lipinski definition) is 1. The number of carbonyl (C=O) groups is 2. The Morgan fingerprint density at radius 3 is 2.48 bits per heavy atom. The number of rotatable bonds is 7. The minimum absolute atomic E-state index is 0.0630. The molecule has 0 aromatic heterocycles. The third kappa shape index (κ3) is 4.71. The molecule has 1 fully saturated rings. The summed E-state index contributed by atoms with van der Waals surface area (Å²) in [7, 11) is 1.60. The van der Waals surface area contributed by atoms with Crippen LogP contribution >= 0.6 is 11.6 Å². The first-order valence-electron chi connectivity index (χ1n) is 8.70. The third-order valence-electron chi connectivity index (χ3n) is 4.35. The van der Waals surface area contributed by atoms with Crippen molar-refractivity contribution < 1.29 is 19.1 Å². The molecule has 6 nitrogen and oxygen atoms in total. The topological polar surface area (TPSA) is 67.9 Å². The predicted molar refractivity (Wildman–Crippen MR) is 103 cm³/mol. The highest BCUT2D eigenvalue weighted by atomic mass is 35.5. The van der Waals surface area contributed by atoms with Gasteiger partial charge in [0.2, 0.25) is 11.8 Å². The van der Waals surface area contributed by atoms with Gasteiger partial charge in [0.05, 0.1) is 13.7 Å². The van der Waals surface area contributed by atoms with Crippen molar-refractivity contribution in [3.05, 3.63) is 53.6 Å². The van der Waals surface area contributed by atoms with Crippen molar-refractivity contribution >= 4 is 29.1 Å².